The standard InChI is InChI=1S/C13H12BrOP/c1-16(11-7-3-2-4-8-11)15-13-10-6-5-9-12(13)14/h2-10H,1H3. The van der Waals surface area contributed by atoms with Crippen LogP contribution in [-0.2, 0) is 0 Å². The van der Waals surface area contributed by atoms with Crippen LogP contribution in [0.4, 0.5) is 0 Å². The molecule has 2 rings (SSSR count). The van der Waals surface area contributed by atoms with Gasteiger partial charge in [0, 0.05) is 5.30 Å². The smallest absolute Gasteiger partial charge is 0.137 e. The molecule has 0 N–H and O–H groups in total. The van der Waals surface area contributed by atoms with Gasteiger partial charge in [0.05, 0.1) is 4.47 Å². The zero-order valence-electron chi connectivity index (χ0n) is 8.93. The van der Waals surface area contributed by atoms with Gasteiger partial charge in [-0.2, -0.15) is 0 Å². The Morgan fingerprint density at radius 3 is 2.25 bits per heavy atom. The summed E-state index contributed by atoms with van der Waals surface area (Å²) in [6.07, 6.45) is 0. The zero-order valence-corrected chi connectivity index (χ0v) is 11.4. The highest BCUT2D eigenvalue weighted by molar-refractivity contribution is 9.10. The van der Waals surface area contributed by atoms with Gasteiger partial charge in [-0.1, -0.05) is 42.5 Å². The zero-order chi connectivity index (χ0) is 11.4. The van der Waals surface area contributed by atoms with Gasteiger partial charge in [-0.15, -0.1) is 0 Å². The van der Waals surface area contributed by atoms with Crippen molar-refractivity contribution < 1.29 is 4.52 Å². The van der Waals surface area contributed by atoms with Crippen molar-refractivity contribution in [2.45, 2.75) is 0 Å². The first-order valence-corrected chi connectivity index (χ1v) is 7.48. The number of halogens is 1. The third-order valence-electron chi connectivity index (χ3n) is 2.19. The van der Waals surface area contributed by atoms with Crippen LogP contribution in [-0.4, -0.2) is 6.66 Å². The second-order valence-electron chi connectivity index (χ2n) is 3.35. The minimum Gasteiger partial charge on any atom is -0.468 e. The first kappa shape index (κ1) is 11.6. The third-order valence-corrected chi connectivity index (χ3v) is 4.34. The van der Waals surface area contributed by atoms with Crippen molar-refractivity contribution in [1.82, 2.24) is 0 Å². The molecule has 1 atom stereocenters. The first-order valence-electron chi connectivity index (χ1n) is 4.98. The lowest BCUT2D eigenvalue weighted by Gasteiger charge is -2.15. The van der Waals surface area contributed by atoms with E-state index in [0.29, 0.717) is 0 Å². The Bertz CT molecular complexity index is 458. The quantitative estimate of drug-likeness (QED) is 0.772. The van der Waals surface area contributed by atoms with Crippen LogP contribution in [0.2, 0.25) is 0 Å². The molecule has 0 aliphatic carbocycles. The summed E-state index contributed by atoms with van der Waals surface area (Å²) in [6, 6.07) is 18.2. The summed E-state index contributed by atoms with van der Waals surface area (Å²) < 4.78 is 6.95. The number of hydrogen-bond acceptors (Lipinski definition) is 1. The molecule has 3 heteroatoms. The van der Waals surface area contributed by atoms with Crippen molar-refractivity contribution in [1.29, 1.82) is 0 Å². The highest BCUT2D eigenvalue weighted by Crippen LogP contribution is 2.36. The molecule has 2 aromatic rings. The fraction of sp³-hybridized carbons (Fsp3) is 0.0769. The maximum atomic E-state index is 5.95. The Kier molecular flexibility index (Phi) is 3.98. The van der Waals surface area contributed by atoms with E-state index in [1.807, 2.05) is 42.5 Å². The molecule has 0 aliphatic rings. The fourth-order valence-electron chi connectivity index (χ4n) is 1.36. The number of para-hydroxylation sites is 1. The lowest BCUT2D eigenvalue weighted by molar-refractivity contribution is 0.622. The number of rotatable bonds is 3. The normalized spacial score (nSPS) is 12.1. The van der Waals surface area contributed by atoms with Gasteiger partial charge in [-0.05, 0) is 34.7 Å². The van der Waals surface area contributed by atoms with E-state index >= 15 is 0 Å². The molecule has 0 saturated carbocycles. The molecule has 0 fully saturated rings. The van der Waals surface area contributed by atoms with Gasteiger partial charge >= 0.3 is 0 Å². The number of hydrogen-bond donors (Lipinski definition) is 0. The fourth-order valence-corrected chi connectivity index (χ4v) is 3.00. The maximum absolute atomic E-state index is 5.95. The Morgan fingerprint density at radius 1 is 0.938 bits per heavy atom. The molecule has 0 aliphatic heterocycles. The number of benzene rings is 2. The average molecular weight is 295 g/mol. The molecule has 0 amide bonds. The topological polar surface area (TPSA) is 9.23 Å². The molecule has 16 heavy (non-hydrogen) atoms. The van der Waals surface area contributed by atoms with Gasteiger partial charge in [0.15, 0.2) is 0 Å². The molecule has 2 aromatic carbocycles. The van der Waals surface area contributed by atoms with Crippen molar-refractivity contribution in [3.8, 4) is 5.75 Å². The SMILES string of the molecule is CP(Oc1ccccc1Br)c1ccccc1. The second-order valence-corrected chi connectivity index (χ2v) is 5.90. The van der Waals surface area contributed by atoms with Gasteiger partial charge in [0.1, 0.15) is 13.9 Å². The molecule has 1 unspecified atom stereocenters. The van der Waals surface area contributed by atoms with Crippen molar-refractivity contribution in [3.05, 3.63) is 59.1 Å². The molecule has 0 aromatic heterocycles. The molecule has 0 heterocycles. The van der Waals surface area contributed by atoms with E-state index in [0.717, 1.165) is 10.2 Å². The molecule has 0 radical (unpaired) electrons. The summed E-state index contributed by atoms with van der Waals surface area (Å²) in [6.45, 7) is 2.12. The highest BCUT2D eigenvalue weighted by Gasteiger charge is 2.08. The Balaban J connectivity index is 2.14. The van der Waals surface area contributed by atoms with E-state index < -0.39 is 8.15 Å². The van der Waals surface area contributed by atoms with E-state index in [9.17, 15) is 0 Å². The predicted octanol–water partition coefficient (Wildman–Crippen LogP) is 4.18. The summed E-state index contributed by atoms with van der Waals surface area (Å²) in [5.41, 5.74) is 0. The monoisotopic (exact) mass is 294 g/mol. The Morgan fingerprint density at radius 2 is 1.56 bits per heavy atom. The summed E-state index contributed by atoms with van der Waals surface area (Å²) in [4.78, 5) is 0. The lowest BCUT2D eigenvalue weighted by Crippen LogP contribution is -2.03. The Labute approximate surface area is 105 Å². The summed E-state index contributed by atoms with van der Waals surface area (Å²) in [5.74, 6) is 0.903. The van der Waals surface area contributed by atoms with Crippen molar-refractivity contribution >= 4 is 29.4 Å². The highest BCUT2D eigenvalue weighted by atomic mass is 79.9. The van der Waals surface area contributed by atoms with Crippen LogP contribution in [0, 0.1) is 0 Å². The van der Waals surface area contributed by atoms with Crippen LogP contribution in [0.25, 0.3) is 0 Å². The van der Waals surface area contributed by atoms with E-state index in [-0.39, 0.29) is 0 Å². The second kappa shape index (κ2) is 5.47. The molecule has 82 valence electrons. The van der Waals surface area contributed by atoms with Crippen LogP contribution in [0.1, 0.15) is 0 Å². The van der Waals surface area contributed by atoms with Gasteiger partial charge in [0.25, 0.3) is 0 Å². The van der Waals surface area contributed by atoms with Gasteiger partial charge in [0.2, 0.25) is 0 Å². The maximum Gasteiger partial charge on any atom is 0.137 e. The molecule has 0 bridgehead atoms. The van der Waals surface area contributed by atoms with Crippen LogP contribution in [0.15, 0.2) is 59.1 Å². The van der Waals surface area contributed by atoms with Gasteiger partial charge < -0.3 is 4.52 Å². The van der Waals surface area contributed by atoms with E-state index in [2.05, 4.69) is 34.7 Å². The van der Waals surface area contributed by atoms with Crippen LogP contribution in [0.3, 0.4) is 0 Å². The molecule has 1 nitrogen and oxygen atoms in total. The molecular formula is C13H12BrOP. The largest absolute Gasteiger partial charge is 0.468 e. The summed E-state index contributed by atoms with van der Waals surface area (Å²) in [7, 11) is -0.598. The van der Waals surface area contributed by atoms with Crippen LogP contribution in [0.5, 0.6) is 5.75 Å². The minimum atomic E-state index is -0.598. The molecular weight excluding hydrogens is 283 g/mol. The van der Waals surface area contributed by atoms with E-state index in [1.165, 1.54) is 5.30 Å². The molecule has 0 saturated heterocycles. The van der Waals surface area contributed by atoms with Gasteiger partial charge in [-0.3, -0.25) is 0 Å². The van der Waals surface area contributed by atoms with Crippen LogP contribution >= 0.6 is 24.1 Å². The predicted molar refractivity (Wildman–Crippen MR) is 73.7 cm³/mol. The molecule has 0 spiro atoms. The Hall–Kier alpha value is -0.850. The third kappa shape index (κ3) is 2.84. The van der Waals surface area contributed by atoms with E-state index in [4.69, 9.17) is 4.52 Å². The first-order chi connectivity index (χ1) is 7.77. The van der Waals surface area contributed by atoms with Gasteiger partial charge in [-0.25, -0.2) is 0 Å². The lowest BCUT2D eigenvalue weighted by atomic mass is 10.3. The summed E-state index contributed by atoms with van der Waals surface area (Å²) >= 11 is 3.48. The van der Waals surface area contributed by atoms with Crippen molar-refractivity contribution in [2.24, 2.45) is 0 Å². The minimum absolute atomic E-state index is 0.598. The van der Waals surface area contributed by atoms with Crippen molar-refractivity contribution in [3.63, 3.8) is 0 Å². The van der Waals surface area contributed by atoms with Crippen LogP contribution < -0.4 is 9.83 Å². The summed E-state index contributed by atoms with van der Waals surface area (Å²) in [5, 5.41) is 1.24. The average Bonchev–Trinajstić information content (AvgIpc) is 2.33. The van der Waals surface area contributed by atoms with E-state index in [1.54, 1.807) is 0 Å². The van der Waals surface area contributed by atoms with Crippen molar-refractivity contribution in [2.75, 3.05) is 6.66 Å².